The van der Waals surface area contributed by atoms with Crippen LogP contribution in [-0.4, -0.2) is 55.6 Å². The molecule has 4 rings (SSSR count). The average molecular weight is 462 g/mol. The largest absolute Gasteiger partial charge is 0.477 e. The molecule has 1 amide bonds. The number of carbonyl (C=O) groups excluding carboxylic acids is 1. The Morgan fingerprint density at radius 2 is 2.18 bits per heavy atom. The molecule has 4 heterocycles. The van der Waals surface area contributed by atoms with Crippen molar-refractivity contribution in [1.29, 1.82) is 0 Å². The Kier molecular flexibility index (Phi) is 6.62. The number of rotatable bonds is 2. The summed E-state index contributed by atoms with van der Waals surface area (Å²) in [6.45, 7) is 10.3. The van der Waals surface area contributed by atoms with E-state index in [0.717, 1.165) is 12.8 Å². The van der Waals surface area contributed by atoms with E-state index < -0.39 is 5.91 Å². The number of H-pyrrole nitrogens is 1. The minimum Gasteiger partial charge on any atom is -0.477 e. The van der Waals surface area contributed by atoms with Crippen molar-refractivity contribution in [2.75, 3.05) is 13.7 Å². The van der Waals surface area contributed by atoms with E-state index in [1.165, 1.54) is 0 Å². The molecule has 11 nitrogen and oxygen atoms in total. The highest BCUT2D eigenvalue weighted by atomic mass is 16.5. The third-order valence-electron chi connectivity index (χ3n) is 5.55. The summed E-state index contributed by atoms with van der Waals surface area (Å²) >= 11 is 0. The number of hydrogen-bond acceptors (Lipinski definition) is 7. The minimum absolute atomic E-state index is 0.0951. The van der Waals surface area contributed by atoms with Gasteiger partial charge in [0.25, 0.3) is 5.91 Å². The summed E-state index contributed by atoms with van der Waals surface area (Å²) in [7, 11) is 3.47. The molecule has 3 aromatic heterocycles. The van der Waals surface area contributed by atoms with Gasteiger partial charge < -0.3 is 9.72 Å². The number of amides is 1. The van der Waals surface area contributed by atoms with Crippen LogP contribution >= 0.6 is 0 Å². The van der Waals surface area contributed by atoms with Gasteiger partial charge in [0.15, 0.2) is 11.3 Å². The van der Waals surface area contributed by atoms with Crippen molar-refractivity contribution in [3.63, 3.8) is 0 Å². The molecule has 2 bridgehead atoms. The molecule has 176 valence electrons. The quantitative estimate of drug-likeness (QED) is 0.444. The maximum Gasteiger partial charge on any atom is 0.298 e. The second kappa shape index (κ2) is 9.77. The standard InChI is InChI=1S/C23H27N9O2/c1-6-15-8-7-9-34-22-16(11-26-31(22)5)19-27-14(2)10-17(28-19)21(33)30-23-29-18(12-24-3)20(25-4)32(23)13-15/h6,10-12,15H,1,3,7-9,13H2,2,4-5H3,(H,29,30,33)/b18-12+,25-20+. The smallest absolute Gasteiger partial charge is 0.298 e. The van der Waals surface area contributed by atoms with Gasteiger partial charge in [0.1, 0.15) is 16.6 Å². The van der Waals surface area contributed by atoms with E-state index in [2.05, 4.69) is 48.3 Å². The normalized spacial score (nSPS) is 18.6. The van der Waals surface area contributed by atoms with Gasteiger partial charge in [0.2, 0.25) is 11.5 Å². The average Bonchev–Trinajstić information content (AvgIpc) is 3.34. The Hall–Kier alpha value is -4.15. The van der Waals surface area contributed by atoms with E-state index in [4.69, 9.17) is 4.74 Å². The van der Waals surface area contributed by atoms with E-state index in [9.17, 15) is 4.79 Å². The fourth-order valence-electron chi connectivity index (χ4n) is 3.91. The number of imidazole rings is 1. The predicted molar refractivity (Wildman–Crippen MR) is 127 cm³/mol. The molecule has 0 aliphatic carbocycles. The molecule has 11 heteroatoms. The number of aromatic nitrogens is 6. The van der Waals surface area contributed by atoms with Crippen molar-refractivity contribution in [3.05, 3.63) is 52.8 Å². The molecule has 1 aliphatic heterocycles. The molecule has 34 heavy (non-hydrogen) atoms. The first-order valence-electron chi connectivity index (χ1n) is 10.9. The Morgan fingerprint density at radius 1 is 1.35 bits per heavy atom. The summed E-state index contributed by atoms with van der Waals surface area (Å²) in [5.41, 5.74) is 2.37. The number of fused-ring (bicyclic) bond motifs is 5. The van der Waals surface area contributed by atoms with Crippen LogP contribution in [0.25, 0.3) is 17.6 Å². The van der Waals surface area contributed by atoms with Crippen LogP contribution in [0.4, 0.5) is 0 Å². The number of hydrogen-bond donors (Lipinski definition) is 1. The van der Waals surface area contributed by atoms with Crippen LogP contribution in [0.15, 0.2) is 39.9 Å². The Bertz CT molecular complexity index is 1440. The van der Waals surface area contributed by atoms with Crippen LogP contribution in [0.1, 0.15) is 29.0 Å². The van der Waals surface area contributed by atoms with Gasteiger partial charge in [0, 0.05) is 26.3 Å². The number of ether oxygens (including phenoxy) is 1. The molecule has 0 aromatic carbocycles. The lowest BCUT2D eigenvalue weighted by Gasteiger charge is -2.14. The van der Waals surface area contributed by atoms with Gasteiger partial charge in [-0.2, -0.15) is 10.1 Å². The van der Waals surface area contributed by atoms with Gasteiger partial charge in [0.05, 0.1) is 19.0 Å². The van der Waals surface area contributed by atoms with Crippen LogP contribution in [-0.2, 0) is 13.6 Å². The zero-order valence-electron chi connectivity index (χ0n) is 19.5. The number of aliphatic imine (C=N–C) groups is 1. The Labute approximate surface area is 196 Å². The van der Waals surface area contributed by atoms with Crippen molar-refractivity contribution in [1.82, 2.24) is 29.3 Å². The molecule has 0 saturated carbocycles. The number of nitrogens with one attached hydrogen (secondary N) is 1. The SMILES string of the molecule is C=CC1CCCOc2c(cnn2C)-c2nc(C)cc(n2)C(=O)/N=c2\[nH]c(=C/N=C)/c(=N\C)n2C1. The van der Waals surface area contributed by atoms with Crippen molar-refractivity contribution < 1.29 is 9.53 Å². The highest BCUT2D eigenvalue weighted by molar-refractivity contribution is 5.93. The van der Waals surface area contributed by atoms with Crippen molar-refractivity contribution in [3.8, 4) is 17.3 Å². The molecular formula is C23H27N9O2. The number of aryl methyl sites for hydroxylation is 2. The van der Waals surface area contributed by atoms with E-state index in [0.29, 0.717) is 52.6 Å². The highest BCUT2D eigenvalue weighted by Gasteiger charge is 2.19. The molecule has 1 N–H and O–H groups in total. The molecular weight excluding hydrogens is 434 g/mol. The van der Waals surface area contributed by atoms with E-state index >= 15 is 0 Å². The molecule has 0 spiro atoms. The molecule has 1 aliphatic rings. The number of carbonyl (C=O) groups is 1. The van der Waals surface area contributed by atoms with E-state index in [-0.39, 0.29) is 11.6 Å². The maximum atomic E-state index is 13.2. The van der Waals surface area contributed by atoms with Crippen LogP contribution in [0.3, 0.4) is 0 Å². The van der Waals surface area contributed by atoms with Crippen molar-refractivity contribution in [2.24, 2.45) is 27.9 Å². The van der Waals surface area contributed by atoms with Gasteiger partial charge in [-0.15, -0.1) is 6.58 Å². The monoisotopic (exact) mass is 461 g/mol. The molecule has 0 fully saturated rings. The van der Waals surface area contributed by atoms with E-state index in [1.807, 2.05) is 10.6 Å². The van der Waals surface area contributed by atoms with Gasteiger partial charge >= 0.3 is 0 Å². The molecule has 0 saturated heterocycles. The fourth-order valence-corrected chi connectivity index (χ4v) is 3.91. The summed E-state index contributed by atoms with van der Waals surface area (Å²) in [4.78, 5) is 37.9. The summed E-state index contributed by atoms with van der Waals surface area (Å²) in [6, 6.07) is 1.60. The third-order valence-corrected chi connectivity index (χ3v) is 5.55. The number of allylic oxidation sites excluding steroid dienone is 1. The van der Waals surface area contributed by atoms with Crippen molar-refractivity contribution >= 4 is 18.8 Å². The van der Waals surface area contributed by atoms with Crippen LogP contribution in [0.5, 0.6) is 5.88 Å². The Morgan fingerprint density at radius 3 is 2.91 bits per heavy atom. The number of nitrogens with zero attached hydrogens (tertiary/aromatic N) is 8. The molecule has 1 unspecified atom stereocenters. The van der Waals surface area contributed by atoms with Crippen LogP contribution in [0, 0.1) is 12.8 Å². The highest BCUT2D eigenvalue weighted by Crippen LogP contribution is 2.27. The molecule has 3 aromatic rings. The zero-order valence-corrected chi connectivity index (χ0v) is 19.5. The van der Waals surface area contributed by atoms with Crippen molar-refractivity contribution in [2.45, 2.75) is 26.3 Å². The van der Waals surface area contributed by atoms with E-state index in [1.54, 1.807) is 44.2 Å². The van der Waals surface area contributed by atoms with Gasteiger partial charge in [-0.25, -0.2) is 14.6 Å². The lowest BCUT2D eigenvalue weighted by molar-refractivity contribution is 0.0991. The summed E-state index contributed by atoms with van der Waals surface area (Å²) < 4.78 is 9.56. The molecule has 0 radical (unpaired) electrons. The summed E-state index contributed by atoms with van der Waals surface area (Å²) in [5, 5.41) is 4.90. The predicted octanol–water partition coefficient (Wildman–Crippen LogP) is 0.719. The summed E-state index contributed by atoms with van der Waals surface area (Å²) in [6.07, 6.45) is 6.68. The topological polar surface area (TPSA) is 128 Å². The van der Waals surface area contributed by atoms with Gasteiger partial charge in [-0.3, -0.25) is 19.3 Å². The lowest BCUT2D eigenvalue weighted by Crippen LogP contribution is -2.35. The first-order valence-corrected chi connectivity index (χ1v) is 10.9. The molecule has 1 atom stereocenters. The third kappa shape index (κ3) is 4.49. The van der Waals surface area contributed by atoms with Gasteiger partial charge in [-0.05, 0) is 38.5 Å². The minimum atomic E-state index is -0.515. The van der Waals surface area contributed by atoms with Crippen LogP contribution < -0.4 is 21.2 Å². The fraction of sp³-hybridized carbons (Fsp3) is 0.348. The first kappa shape index (κ1) is 23.0. The lowest BCUT2D eigenvalue weighted by atomic mass is 10.0. The first-order chi connectivity index (χ1) is 16.4. The number of aromatic amines is 1. The zero-order chi connectivity index (χ0) is 24.2. The van der Waals surface area contributed by atoms with Crippen LogP contribution in [0.2, 0.25) is 0 Å². The summed E-state index contributed by atoms with van der Waals surface area (Å²) in [5.74, 6) is 0.486. The van der Waals surface area contributed by atoms with Gasteiger partial charge in [-0.1, -0.05) is 6.08 Å². The maximum absolute atomic E-state index is 13.2. The second-order valence-electron chi connectivity index (χ2n) is 7.94. The second-order valence-corrected chi connectivity index (χ2v) is 7.94. The Balaban J connectivity index is 1.95.